The van der Waals surface area contributed by atoms with Crippen LogP contribution in [-0.4, -0.2) is 45.8 Å². The Bertz CT molecular complexity index is 1370. The Kier molecular flexibility index (Phi) is 12.1. The molecule has 0 saturated carbocycles. The number of unbranched alkanes of at least 4 members (excludes halogenated alkanes) is 1. The van der Waals surface area contributed by atoms with Crippen LogP contribution < -0.4 is 10.6 Å². The molecule has 0 bridgehead atoms. The van der Waals surface area contributed by atoms with Crippen molar-refractivity contribution >= 4 is 23.8 Å². The minimum atomic E-state index is -0.945. The molecule has 0 aliphatic rings. The number of esters is 2. The molecule has 2 heterocycles. The Morgan fingerprint density at radius 1 is 0.545 bits per heavy atom. The number of benzene rings is 2. The van der Waals surface area contributed by atoms with Gasteiger partial charge in [-0.25, -0.2) is 9.59 Å². The maximum atomic E-state index is 13.0. The molecule has 10 nitrogen and oxygen atoms in total. The molecule has 2 aromatic carbocycles. The van der Waals surface area contributed by atoms with Crippen LogP contribution in [0.3, 0.4) is 0 Å². The van der Waals surface area contributed by atoms with Crippen molar-refractivity contribution in [1.29, 1.82) is 0 Å². The molecule has 44 heavy (non-hydrogen) atoms. The van der Waals surface area contributed by atoms with Gasteiger partial charge < -0.3 is 20.1 Å². The second kappa shape index (κ2) is 16.9. The van der Waals surface area contributed by atoms with E-state index in [1.165, 1.54) is 12.4 Å². The standard InChI is InChI=1S/C34H34N4O6/c39-31(27-17-9-11-21-35-27)37-29(33(41)43-23-25-13-3-1-4-14-25)19-7-8-20-30(38-32(40)28-18-10-12-22-36-28)34(42)44-24-26-15-5-2-6-16-26/h1-6,9-18,21-22,29-30H,7-8,19-20,23-24H2,(H,37,39)(H,38,40)/t29-,30?/m1/s1. The molecule has 0 aliphatic carbocycles. The lowest BCUT2D eigenvalue weighted by Gasteiger charge is -2.20. The first-order valence-electron chi connectivity index (χ1n) is 14.3. The molecule has 2 amide bonds. The zero-order valence-corrected chi connectivity index (χ0v) is 24.1. The fraction of sp³-hybridized carbons (Fsp3) is 0.235. The molecule has 0 radical (unpaired) electrons. The molecule has 0 saturated heterocycles. The lowest BCUT2D eigenvalue weighted by Crippen LogP contribution is -2.43. The van der Waals surface area contributed by atoms with Gasteiger partial charge >= 0.3 is 11.9 Å². The van der Waals surface area contributed by atoms with Gasteiger partial charge in [0.25, 0.3) is 11.8 Å². The number of hydrogen-bond acceptors (Lipinski definition) is 8. The fourth-order valence-electron chi connectivity index (χ4n) is 4.31. The van der Waals surface area contributed by atoms with Crippen molar-refractivity contribution in [2.75, 3.05) is 0 Å². The van der Waals surface area contributed by atoms with Crippen LogP contribution in [0, 0.1) is 0 Å². The third kappa shape index (κ3) is 10.2. The summed E-state index contributed by atoms with van der Waals surface area (Å²) in [6.07, 6.45) is 4.35. The van der Waals surface area contributed by atoms with Gasteiger partial charge in [0.2, 0.25) is 0 Å². The van der Waals surface area contributed by atoms with Crippen molar-refractivity contribution in [1.82, 2.24) is 20.6 Å². The highest BCUT2D eigenvalue weighted by Crippen LogP contribution is 2.13. The number of nitrogens with one attached hydrogen (secondary N) is 2. The normalized spacial score (nSPS) is 11.9. The summed E-state index contributed by atoms with van der Waals surface area (Å²) in [6, 6.07) is 26.4. The van der Waals surface area contributed by atoms with Crippen LogP contribution in [0.5, 0.6) is 0 Å². The molecule has 4 rings (SSSR count). The molecule has 1 unspecified atom stereocenters. The first-order valence-corrected chi connectivity index (χ1v) is 14.3. The zero-order chi connectivity index (χ0) is 31.0. The van der Waals surface area contributed by atoms with Gasteiger partial charge in [0, 0.05) is 12.4 Å². The van der Waals surface area contributed by atoms with E-state index in [1.807, 2.05) is 60.7 Å². The molecule has 2 atom stereocenters. The van der Waals surface area contributed by atoms with Gasteiger partial charge in [-0.2, -0.15) is 0 Å². The summed E-state index contributed by atoms with van der Waals surface area (Å²) < 4.78 is 11.0. The molecule has 10 heteroatoms. The van der Waals surface area contributed by atoms with Crippen LogP contribution >= 0.6 is 0 Å². The first-order chi connectivity index (χ1) is 21.5. The van der Waals surface area contributed by atoms with E-state index in [4.69, 9.17) is 9.47 Å². The van der Waals surface area contributed by atoms with E-state index < -0.39 is 35.8 Å². The van der Waals surface area contributed by atoms with Crippen molar-refractivity contribution < 1.29 is 28.7 Å². The van der Waals surface area contributed by atoms with Gasteiger partial charge in [-0.3, -0.25) is 19.6 Å². The van der Waals surface area contributed by atoms with Crippen LogP contribution in [0.15, 0.2) is 109 Å². The summed E-state index contributed by atoms with van der Waals surface area (Å²) in [4.78, 5) is 59.8. The monoisotopic (exact) mass is 594 g/mol. The highest BCUT2D eigenvalue weighted by molar-refractivity contribution is 5.95. The Hall–Kier alpha value is -5.38. The Labute approximate surface area is 255 Å². The van der Waals surface area contributed by atoms with Crippen LogP contribution in [0.1, 0.15) is 57.8 Å². The van der Waals surface area contributed by atoms with Crippen molar-refractivity contribution in [2.24, 2.45) is 0 Å². The molecule has 0 fully saturated rings. The minimum absolute atomic E-state index is 0.0600. The summed E-state index contributed by atoms with van der Waals surface area (Å²) in [5, 5.41) is 5.45. The van der Waals surface area contributed by atoms with Gasteiger partial charge in [-0.15, -0.1) is 0 Å². The number of ether oxygens (including phenoxy) is 2. The van der Waals surface area contributed by atoms with Gasteiger partial charge in [-0.05, 0) is 48.2 Å². The van der Waals surface area contributed by atoms with Gasteiger partial charge in [-0.1, -0.05) is 85.6 Å². The molecule has 0 spiro atoms. The first kappa shape index (κ1) is 31.6. The van der Waals surface area contributed by atoms with Crippen molar-refractivity contribution in [3.63, 3.8) is 0 Å². The Morgan fingerprint density at radius 3 is 1.30 bits per heavy atom. The molecular weight excluding hydrogens is 560 g/mol. The smallest absolute Gasteiger partial charge is 0.328 e. The number of pyridine rings is 2. The predicted octanol–water partition coefficient (Wildman–Crippen LogP) is 4.42. The summed E-state index contributed by atoms with van der Waals surface area (Å²) in [6.45, 7) is 0.120. The number of carbonyl (C=O) groups excluding carboxylic acids is 4. The number of aromatic nitrogens is 2. The molecule has 4 aromatic rings. The van der Waals surface area contributed by atoms with Gasteiger partial charge in [0.15, 0.2) is 0 Å². The Balaban J connectivity index is 1.37. The van der Waals surface area contributed by atoms with Crippen LogP contribution in [0.4, 0.5) is 0 Å². The molecule has 2 N–H and O–H groups in total. The minimum Gasteiger partial charge on any atom is -0.459 e. The summed E-state index contributed by atoms with van der Waals surface area (Å²) in [5.41, 5.74) is 1.98. The summed E-state index contributed by atoms with van der Waals surface area (Å²) in [5.74, 6) is -2.17. The molecular formula is C34H34N4O6. The average molecular weight is 595 g/mol. The van der Waals surface area contributed by atoms with Gasteiger partial charge in [0.05, 0.1) is 0 Å². The lowest BCUT2D eigenvalue weighted by molar-refractivity contribution is -0.148. The number of amides is 2. The van der Waals surface area contributed by atoms with E-state index in [0.29, 0.717) is 12.8 Å². The van der Waals surface area contributed by atoms with E-state index in [-0.39, 0.29) is 37.4 Å². The van der Waals surface area contributed by atoms with Crippen LogP contribution in [0.25, 0.3) is 0 Å². The largest absolute Gasteiger partial charge is 0.459 e. The highest BCUT2D eigenvalue weighted by Gasteiger charge is 2.26. The maximum Gasteiger partial charge on any atom is 0.328 e. The summed E-state index contributed by atoms with van der Waals surface area (Å²) in [7, 11) is 0. The molecule has 0 aliphatic heterocycles. The average Bonchev–Trinajstić information content (AvgIpc) is 3.08. The molecule has 226 valence electrons. The SMILES string of the molecule is O=C(NC(CCCC[C@@H](NC(=O)c1ccccn1)C(=O)OCc1ccccc1)C(=O)OCc1ccccc1)c1ccccn1. The van der Waals surface area contributed by atoms with Crippen molar-refractivity contribution in [3.8, 4) is 0 Å². The van der Waals surface area contributed by atoms with E-state index in [9.17, 15) is 19.2 Å². The second-order valence-corrected chi connectivity index (χ2v) is 9.95. The highest BCUT2D eigenvalue weighted by atomic mass is 16.5. The Morgan fingerprint density at radius 2 is 0.932 bits per heavy atom. The molecule has 2 aromatic heterocycles. The zero-order valence-electron chi connectivity index (χ0n) is 24.1. The second-order valence-electron chi connectivity index (χ2n) is 9.95. The van der Waals surface area contributed by atoms with E-state index in [1.54, 1.807) is 36.4 Å². The van der Waals surface area contributed by atoms with E-state index in [0.717, 1.165) is 11.1 Å². The topological polar surface area (TPSA) is 137 Å². The predicted molar refractivity (Wildman–Crippen MR) is 162 cm³/mol. The number of rotatable bonds is 15. The quantitative estimate of drug-likeness (QED) is 0.153. The van der Waals surface area contributed by atoms with Crippen LogP contribution in [0.2, 0.25) is 0 Å². The number of hydrogen-bond donors (Lipinski definition) is 2. The van der Waals surface area contributed by atoms with Crippen molar-refractivity contribution in [2.45, 2.75) is 51.0 Å². The lowest BCUT2D eigenvalue weighted by atomic mass is 10.0. The summed E-state index contributed by atoms with van der Waals surface area (Å²) >= 11 is 0. The third-order valence-corrected chi connectivity index (χ3v) is 6.66. The maximum absolute atomic E-state index is 13.0. The van der Waals surface area contributed by atoms with Crippen molar-refractivity contribution in [3.05, 3.63) is 132 Å². The van der Waals surface area contributed by atoms with E-state index in [2.05, 4.69) is 20.6 Å². The van der Waals surface area contributed by atoms with E-state index >= 15 is 0 Å². The third-order valence-electron chi connectivity index (χ3n) is 6.66. The fourth-order valence-corrected chi connectivity index (χ4v) is 4.31. The number of nitrogens with zero attached hydrogens (tertiary/aromatic N) is 2. The number of carbonyl (C=O) groups is 4. The van der Waals surface area contributed by atoms with Gasteiger partial charge in [0.1, 0.15) is 36.7 Å². The van der Waals surface area contributed by atoms with Crippen LogP contribution in [-0.2, 0) is 32.3 Å².